The molecule has 2 heterocycles. The largest absolute Gasteiger partial charge is 0.394 e. The lowest BCUT2D eigenvalue weighted by Crippen LogP contribution is -2.65. The minimum atomic E-state index is -1.80. The number of aliphatic hydroxyl groups excluding tert-OH is 8. The highest BCUT2D eigenvalue weighted by molar-refractivity contribution is 5.76. The molecule has 0 radical (unpaired) electrons. The number of aliphatic hydroxyl groups is 8. The van der Waals surface area contributed by atoms with E-state index in [1.165, 1.54) is 141 Å². The van der Waals surface area contributed by atoms with Crippen LogP contribution in [0, 0.1) is 0 Å². The molecule has 522 valence electrons. The van der Waals surface area contributed by atoms with E-state index in [1.807, 2.05) is 6.08 Å². The maximum atomic E-state index is 13.3. The van der Waals surface area contributed by atoms with Gasteiger partial charge < -0.3 is 65.1 Å². The number of allylic oxidation sites excluding steroid dienone is 19. The summed E-state index contributed by atoms with van der Waals surface area (Å²) in [6.07, 6.45) is 71.2. The summed E-state index contributed by atoms with van der Waals surface area (Å²) in [7, 11) is 0. The Morgan fingerprint density at radius 2 is 0.769 bits per heavy atom. The lowest BCUT2D eigenvalue weighted by molar-refractivity contribution is -0.359. The monoisotopic (exact) mass is 1280 g/mol. The maximum Gasteiger partial charge on any atom is 0.220 e. The average molecular weight is 1280 g/mol. The van der Waals surface area contributed by atoms with E-state index in [4.69, 9.17) is 18.9 Å². The lowest BCUT2D eigenvalue weighted by atomic mass is 9.97. The Morgan fingerprint density at radius 1 is 0.407 bits per heavy atom. The highest BCUT2D eigenvalue weighted by Crippen LogP contribution is 2.30. The quantitative estimate of drug-likeness (QED) is 0.0204. The molecular formula is C77H131NO13. The van der Waals surface area contributed by atoms with Crippen molar-refractivity contribution in [3.8, 4) is 0 Å². The summed E-state index contributed by atoms with van der Waals surface area (Å²) >= 11 is 0. The minimum absolute atomic E-state index is 0.255. The molecule has 0 bridgehead atoms. The topological polar surface area (TPSA) is 228 Å². The number of hydrogen-bond donors (Lipinski definition) is 9. The highest BCUT2D eigenvalue weighted by atomic mass is 16.7. The van der Waals surface area contributed by atoms with Crippen LogP contribution in [-0.2, 0) is 23.7 Å². The predicted molar refractivity (Wildman–Crippen MR) is 373 cm³/mol. The van der Waals surface area contributed by atoms with Crippen LogP contribution in [-0.4, -0.2) is 140 Å². The first kappa shape index (κ1) is 83.5. The second kappa shape index (κ2) is 60.1. The van der Waals surface area contributed by atoms with Crippen molar-refractivity contribution < 1.29 is 64.6 Å². The molecule has 0 aromatic rings. The fourth-order valence-electron chi connectivity index (χ4n) is 11.1. The van der Waals surface area contributed by atoms with E-state index >= 15 is 0 Å². The van der Waals surface area contributed by atoms with Crippen LogP contribution in [0.5, 0.6) is 0 Å². The van der Waals surface area contributed by atoms with E-state index in [-0.39, 0.29) is 18.9 Å². The van der Waals surface area contributed by atoms with Crippen molar-refractivity contribution in [2.24, 2.45) is 0 Å². The summed E-state index contributed by atoms with van der Waals surface area (Å²) in [5.41, 5.74) is 0. The molecule has 2 saturated heterocycles. The Bertz CT molecular complexity index is 1990. The van der Waals surface area contributed by atoms with Crippen molar-refractivity contribution in [1.29, 1.82) is 0 Å². The summed E-state index contributed by atoms with van der Waals surface area (Å²) in [5.74, 6) is -0.255. The Hall–Kier alpha value is -3.61. The molecule has 14 nitrogen and oxygen atoms in total. The molecule has 0 aromatic carbocycles. The predicted octanol–water partition coefficient (Wildman–Crippen LogP) is 15.3. The minimum Gasteiger partial charge on any atom is -0.394 e. The molecule has 14 heteroatoms. The number of carbonyl (C=O) groups excluding carboxylic acids is 1. The van der Waals surface area contributed by atoms with Crippen LogP contribution in [0.4, 0.5) is 0 Å². The van der Waals surface area contributed by atoms with Crippen LogP contribution in [0.25, 0.3) is 0 Å². The summed E-state index contributed by atoms with van der Waals surface area (Å²) in [4.78, 5) is 13.3. The first-order valence-electron chi connectivity index (χ1n) is 36.3. The van der Waals surface area contributed by atoms with Crippen LogP contribution < -0.4 is 5.32 Å². The SMILES string of the molecule is CC/C=C\C/C=C\C/C=C\C/C=C\C/C=C\C/C=C\C/C=C\CCCCCCCCCCCCCCCCCCCC(=O)NC(COC1OC(CO)C(OC2OC(CO)C(O)C(O)C2O)C(O)C1O)C(O)/C=C/CC/C=C/CC/C=C/CCCCCCCCCC. The molecule has 2 aliphatic heterocycles. The second-order valence-electron chi connectivity index (χ2n) is 25.0. The van der Waals surface area contributed by atoms with Crippen molar-refractivity contribution in [3.05, 3.63) is 122 Å². The van der Waals surface area contributed by atoms with E-state index in [2.05, 4.69) is 129 Å². The van der Waals surface area contributed by atoms with Gasteiger partial charge in [-0.2, -0.15) is 0 Å². The highest BCUT2D eigenvalue weighted by Gasteiger charge is 2.51. The molecule has 9 N–H and O–H groups in total. The molecule has 2 rings (SSSR count). The Kier molecular flexibility index (Phi) is 55.1. The van der Waals surface area contributed by atoms with Crippen LogP contribution in [0.2, 0.25) is 0 Å². The van der Waals surface area contributed by atoms with Gasteiger partial charge in [0.2, 0.25) is 5.91 Å². The Morgan fingerprint density at radius 3 is 1.21 bits per heavy atom. The number of nitrogens with one attached hydrogen (secondary N) is 1. The molecule has 0 aliphatic carbocycles. The van der Waals surface area contributed by atoms with Gasteiger partial charge >= 0.3 is 0 Å². The van der Waals surface area contributed by atoms with Crippen LogP contribution in [0.3, 0.4) is 0 Å². The Labute approximate surface area is 552 Å². The van der Waals surface area contributed by atoms with Gasteiger partial charge in [0.05, 0.1) is 32.0 Å². The summed E-state index contributed by atoms with van der Waals surface area (Å²) in [6.45, 7) is 2.66. The maximum absolute atomic E-state index is 13.3. The lowest BCUT2D eigenvalue weighted by Gasteiger charge is -2.46. The fourth-order valence-corrected chi connectivity index (χ4v) is 11.1. The second-order valence-corrected chi connectivity index (χ2v) is 25.0. The normalized spacial score (nSPS) is 23.5. The first-order valence-corrected chi connectivity index (χ1v) is 36.3. The number of ether oxygens (including phenoxy) is 4. The van der Waals surface area contributed by atoms with Gasteiger partial charge in [0, 0.05) is 6.42 Å². The van der Waals surface area contributed by atoms with Crippen molar-refractivity contribution in [2.45, 2.75) is 338 Å². The van der Waals surface area contributed by atoms with Gasteiger partial charge in [-0.15, -0.1) is 0 Å². The van der Waals surface area contributed by atoms with Gasteiger partial charge in [-0.25, -0.2) is 0 Å². The van der Waals surface area contributed by atoms with E-state index in [0.717, 1.165) is 89.9 Å². The third-order valence-corrected chi connectivity index (χ3v) is 16.9. The van der Waals surface area contributed by atoms with Gasteiger partial charge in [0.15, 0.2) is 12.6 Å². The van der Waals surface area contributed by atoms with E-state index in [9.17, 15) is 45.6 Å². The van der Waals surface area contributed by atoms with Crippen LogP contribution in [0.15, 0.2) is 122 Å². The van der Waals surface area contributed by atoms with Gasteiger partial charge in [-0.05, 0) is 103 Å². The zero-order valence-electron chi connectivity index (χ0n) is 56.8. The van der Waals surface area contributed by atoms with Crippen molar-refractivity contribution in [1.82, 2.24) is 5.32 Å². The zero-order chi connectivity index (χ0) is 65.9. The molecular weight excluding hydrogens is 1150 g/mol. The number of hydrogen-bond acceptors (Lipinski definition) is 13. The van der Waals surface area contributed by atoms with Gasteiger partial charge in [0.25, 0.3) is 0 Å². The molecule has 12 atom stereocenters. The Balaban J connectivity index is 1.62. The third-order valence-electron chi connectivity index (χ3n) is 16.9. The molecule has 0 aromatic heterocycles. The van der Waals surface area contributed by atoms with E-state index < -0.39 is 86.8 Å². The third kappa shape index (κ3) is 43.9. The smallest absolute Gasteiger partial charge is 0.220 e. The van der Waals surface area contributed by atoms with Gasteiger partial charge in [-0.3, -0.25) is 4.79 Å². The van der Waals surface area contributed by atoms with Crippen LogP contribution in [0.1, 0.15) is 264 Å². The first-order chi connectivity index (χ1) is 44.6. The molecule has 0 spiro atoms. The summed E-state index contributed by atoms with van der Waals surface area (Å²) in [5, 5.41) is 87.4. The number of carbonyl (C=O) groups is 1. The van der Waals surface area contributed by atoms with Crippen molar-refractivity contribution >= 4 is 5.91 Å². The molecule has 2 fully saturated rings. The molecule has 2 aliphatic rings. The molecule has 1 amide bonds. The molecule has 0 saturated carbocycles. The molecule has 91 heavy (non-hydrogen) atoms. The summed E-state index contributed by atoms with van der Waals surface area (Å²) in [6, 6.07) is -0.944. The average Bonchev–Trinajstić information content (AvgIpc) is 1.19. The number of unbranched alkanes of at least 4 members (excludes halogenated alkanes) is 27. The zero-order valence-corrected chi connectivity index (χ0v) is 56.8. The van der Waals surface area contributed by atoms with Crippen molar-refractivity contribution in [2.75, 3.05) is 19.8 Å². The van der Waals surface area contributed by atoms with Gasteiger partial charge in [-0.1, -0.05) is 277 Å². The number of amides is 1. The van der Waals surface area contributed by atoms with E-state index in [0.29, 0.717) is 12.8 Å². The summed E-state index contributed by atoms with van der Waals surface area (Å²) < 4.78 is 22.8. The number of rotatable bonds is 58. The fraction of sp³-hybridized carbons (Fsp3) is 0.727. The van der Waals surface area contributed by atoms with E-state index in [1.54, 1.807) is 6.08 Å². The standard InChI is InChI=1S/C77H131NO13/c1-3-5-7-9-11-13-15-17-19-21-23-24-25-26-27-28-29-30-31-32-33-34-35-36-37-38-39-40-41-42-43-45-47-49-51-53-55-57-59-61-69(82)78-65(66(81)60-58-56-54-52-50-48-46-44-22-20-18-16-14-12-10-8-6-4-2)64-88-76-74(87)72(85)75(68(63-80)90-76)91-77-73(86)71(84)70(83)67(62-79)89-77/h5,7,11,13,17,19,22-24,26-27,29-30,32-33,44,50,52,58,60,65-68,70-77,79-81,83-87H,3-4,6,8-10,12,14-16,18,20-21,25,28,31,34-43,45-49,51,53-57,59,61-64H2,1-2H3,(H,78,82)/b7-5-,13-11-,19-17-,24-23-,27-26-,30-29-,33-32-,44-22+,52-50+,60-58+. The van der Waals surface area contributed by atoms with Crippen LogP contribution >= 0.6 is 0 Å². The van der Waals surface area contributed by atoms with Crippen molar-refractivity contribution in [3.63, 3.8) is 0 Å². The molecule has 12 unspecified atom stereocenters. The van der Waals surface area contributed by atoms with Gasteiger partial charge in [0.1, 0.15) is 48.8 Å².